The van der Waals surface area contributed by atoms with Crippen LogP contribution < -0.4 is 15.4 Å². The number of hydrogen-bond donors (Lipinski definition) is 2. The van der Waals surface area contributed by atoms with Crippen molar-refractivity contribution in [2.24, 2.45) is 5.92 Å². The molecule has 4 rings (SSSR count). The molecule has 0 amide bonds. The fourth-order valence-electron chi connectivity index (χ4n) is 4.79. The molecule has 1 aliphatic heterocycles. The molecule has 1 aliphatic rings. The molecule has 1 aromatic carbocycles. The molecule has 1 fully saturated rings. The van der Waals surface area contributed by atoms with Gasteiger partial charge in [0.2, 0.25) is 0 Å². The maximum absolute atomic E-state index is 15.2. The summed E-state index contributed by atoms with van der Waals surface area (Å²) < 4.78 is 21.2. The number of ether oxygens (including phenoxy) is 1. The van der Waals surface area contributed by atoms with Gasteiger partial charge in [0.05, 0.1) is 21.3 Å². The lowest BCUT2D eigenvalue weighted by molar-refractivity contribution is 0.0900. The Morgan fingerprint density at radius 2 is 1.84 bits per heavy atom. The molecule has 1 atom stereocenters. The van der Waals surface area contributed by atoms with Crippen molar-refractivity contribution in [1.29, 1.82) is 5.41 Å². The molecule has 3 N–H and O–H groups in total. The van der Waals surface area contributed by atoms with Crippen LogP contribution in [0.2, 0.25) is 10.0 Å². The Balaban J connectivity index is 1.50. The molecule has 0 bridgehead atoms. The molecule has 0 aliphatic carbocycles. The number of benzene rings is 1. The summed E-state index contributed by atoms with van der Waals surface area (Å²) in [5, 5.41) is 9.51. The summed E-state index contributed by atoms with van der Waals surface area (Å²) in [5.41, 5.74) is 7.90. The number of nitrogens with two attached hydrogens (primary N) is 1. The Labute approximate surface area is 233 Å². The van der Waals surface area contributed by atoms with Gasteiger partial charge in [-0.25, -0.2) is 9.37 Å². The number of nitrogens with zero attached hydrogens (tertiary/aromatic N) is 4. The number of nitrogen functional groups attached to an aromatic ring is 1. The molecule has 0 radical (unpaired) electrons. The monoisotopic (exact) mass is 558 g/mol. The predicted molar refractivity (Wildman–Crippen MR) is 152 cm³/mol. The van der Waals surface area contributed by atoms with Crippen LogP contribution in [0.25, 0.3) is 0 Å². The molecule has 38 heavy (non-hydrogen) atoms. The highest BCUT2D eigenvalue weighted by atomic mass is 35.5. The lowest BCUT2D eigenvalue weighted by Crippen LogP contribution is -2.68. The zero-order valence-electron chi connectivity index (χ0n) is 22.2. The topological polar surface area (TPSA) is 91.4 Å². The molecule has 0 saturated carbocycles. The Hall–Kier alpha value is -2.94. The third kappa shape index (κ3) is 5.72. The minimum Gasteiger partial charge on any atom is -0.486 e. The first kappa shape index (κ1) is 28.1. The van der Waals surface area contributed by atoms with Crippen molar-refractivity contribution in [3.63, 3.8) is 0 Å². The number of halogens is 3. The largest absolute Gasteiger partial charge is 0.486 e. The average molecular weight is 560 g/mol. The number of aromatic nitrogens is 2. The first-order valence-electron chi connectivity index (χ1n) is 12.5. The van der Waals surface area contributed by atoms with Crippen molar-refractivity contribution in [3.05, 3.63) is 75.4 Å². The van der Waals surface area contributed by atoms with Crippen LogP contribution in [-0.4, -0.2) is 52.8 Å². The summed E-state index contributed by atoms with van der Waals surface area (Å²) >= 11 is 12.5. The van der Waals surface area contributed by atoms with E-state index in [1.54, 1.807) is 18.2 Å². The summed E-state index contributed by atoms with van der Waals surface area (Å²) in [6.07, 6.45) is 4.04. The minimum atomic E-state index is -0.483. The fourth-order valence-corrected chi connectivity index (χ4v) is 5.46. The van der Waals surface area contributed by atoms with Crippen molar-refractivity contribution < 1.29 is 9.13 Å². The van der Waals surface area contributed by atoms with E-state index in [1.165, 1.54) is 24.7 Å². The second kappa shape index (κ2) is 11.0. The van der Waals surface area contributed by atoms with Gasteiger partial charge in [-0.05, 0) is 51.1 Å². The molecule has 1 saturated heterocycles. The first-order chi connectivity index (χ1) is 17.9. The van der Waals surface area contributed by atoms with Crippen LogP contribution in [0.1, 0.15) is 50.5 Å². The van der Waals surface area contributed by atoms with E-state index in [2.05, 4.69) is 42.7 Å². The fraction of sp³-hybridized carbons (Fsp3) is 0.393. The van der Waals surface area contributed by atoms with Crippen LogP contribution in [0.3, 0.4) is 0 Å². The highest BCUT2D eigenvalue weighted by molar-refractivity contribution is 6.35. The second-order valence-electron chi connectivity index (χ2n) is 10.6. The molecule has 0 spiro atoms. The van der Waals surface area contributed by atoms with Gasteiger partial charge in [-0.2, -0.15) is 0 Å². The smallest absolute Gasteiger partial charge is 0.166 e. The summed E-state index contributed by atoms with van der Waals surface area (Å²) in [5.74, 6) is 0.840. The highest BCUT2D eigenvalue weighted by Gasteiger charge is 2.43. The number of nitrogens with one attached hydrogen (secondary N) is 1. The second-order valence-corrected chi connectivity index (χ2v) is 11.4. The van der Waals surface area contributed by atoms with E-state index in [-0.39, 0.29) is 11.3 Å². The summed E-state index contributed by atoms with van der Waals surface area (Å²) in [7, 11) is 2.11. The van der Waals surface area contributed by atoms with Gasteiger partial charge in [0.15, 0.2) is 11.6 Å². The SMILES string of the molecule is CC(C)CN(C)C1(C)CN(c2ncc(C(=N)c3cc(O[C@H](C)c4c(Cl)cncc4Cl)ccc3N)cc2F)C1. The summed E-state index contributed by atoms with van der Waals surface area (Å²) in [6.45, 7) is 10.7. The van der Waals surface area contributed by atoms with Gasteiger partial charge in [-0.3, -0.25) is 15.3 Å². The zero-order chi connectivity index (χ0) is 27.8. The number of rotatable bonds is 9. The molecule has 3 heterocycles. The van der Waals surface area contributed by atoms with Gasteiger partial charge in [-0.15, -0.1) is 0 Å². The van der Waals surface area contributed by atoms with Crippen molar-refractivity contribution in [2.45, 2.75) is 39.3 Å². The van der Waals surface area contributed by atoms with Gasteiger partial charge >= 0.3 is 0 Å². The van der Waals surface area contributed by atoms with Crippen molar-refractivity contribution in [2.75, 3.05) is 37.3 Å². The van der Waals surface area contributed by atoms with E-state index in [0.29, 0.717) is 63.0 Å². The predicted octanol–water partition coefficient (Wildman–Crippen LogP) is 6.23. The molecular formula is C28H33Cl2FN6O. The third-order valence-corrected chi connectivity index (χ3v) is 7.54. The Morgan fingerprint density at radius 1 is 1.18 bits per heavy atom. The van der Waals surface area contributed by atoms with Crippen LogP contribution in [-0.2, 0) is 0 Å². The van der Waals surface area contributed by atoms with E-state index in [1.807, 2.05) is 11.8 Å². The van der Waals surface area contributed by atoms with Crippen molar-refractivity contribution in [3.8, 4) is 5.75 Å². The number of likely N-dealkylation sites (N-methyl/N-ethyl adjacent to an activating group) is 1. The molecule has 3 aromatic rings. The van der Waals surface area contributed by atoms with E-state index >= 15 is 4.39 Å². The van der Waals surface area contributed by atoms with Crippen LogP contribution in [0.4, 0.5) is 15.9 Å². The zero-order valence-corrected chi connectivity index (χ0v) is 23.7. The lowest BCUT2D eigenvalue weighted by atomic mass is 9.89. The first-order valence-corrected chi connectivity index (χ1v) is 13.2. The molecule has 2 aromatic heterocycles. The summed E-state index contributed by atoms with van der Waals surface area (Å²) in [4.78, 5) is 12.6. The van der Waals surface area contributed by atoms with Crippen molar-refractivity contribution in [1.82, 2.24) is 14.9 Å². The molecule has 7 nitrogen and oxygen atoms in total. The Kier molecular flexibility index (Phi) is 8.16. The third-order valence-electron chi connectivity index (χ3n) is 6.94. The van der Waals surface area contributed by atoms with E-state index < -0.39 is 11.9 Å². The van der Waals surface area contributed by atoms with Gasteiger partial charge in [0.25, 0.3) is 0 Å². The standard InChI is InChI=1S/C28H33Cl2FN6O/c1-16(2)13-36(5)28(4)14-37(15-28)27-23(31)8-18(10-35-27)26(33)20-9-19(6-7-24(20)32)38-17(3)25-21(29)11-34-12-22(25)30/h6-12,16-17,33H,13-15,32H2,1-5H3/t17-/m1/s1. The van der Waals surface area contributed by atoms with Crippen molar-refractivity contribution >= 4 is 40.4 Å². The van der Waals surface area contributed by atoms with E-state index in [9.17, 15) is 0 Å². The van der Waals surface area contributed by atoms with Gasteiger partial charge < -0.3 is 15.4 Å². The van der Waals surface area contributed by atoms with Crippen LogP contribution in [0, 0.1) is 17.1 Å². The number of pyridine rings is 2. The normalized spacial score (nSPS) is 15.5. The number of anilines is 2. The maximum atomic E-state index is 15.2. The van der Waals surface area contributed by atoms with Crippen LogP contribution >= 0.6 is 23.2 Å². The molecule has 10 heteroatoms. The van der Waals surface area contributed by atoms with Crippen LogP contribution in [0.15, 0.2) is 42.9 Å². The number of hydrogen-bond acceptors (Lipinski definition) is 7. The minimum absolute atomic E-state index is 0.0273. The maximum Gasteiger partial charge on any atom is 0.166 e. The lowest BCUT2D eigenvalue weighted by Gasteiger charge is -2.54. The quantitative estimate of drug-likeness (QED) is 0.239. The van der Waals surface area contributed by atoms with E-state index in [4.69, 9.17) is 39.1 Å². The Morgan fingerprint density at radius 3 is 2.45 bits per heavy atom. The van der Waals surface area contributed by atoms with Gasteiger partial charge in [-0.1, -0.05) is 37.0 Å². The van der Waals surface area contributed by atoms with Crippen LogP contribution in [0.5, 0.6) is 5.75 Å². The molecule has 0 unspecified atom stereocenters. The molecular weight excluding hydrogens is 526 g/mol. The average Bonchev–Trinajstić information content (AvgIpc) is 2.82. The Bertz CT molecular complexity index is 1320. The van der Waals surface area contributed by atoms with Gasteiger partial charge in [0.1, 0.15) is 11.9 Å². The van der Waals surface area contributed by atoms with E-state index in [0.717, 1.165) is 6.54 Å². The highest BCUT2D eigenvalue weighted by Crippen LogP contribution is 2.35. The summed E-state index contributed by atoms with van der Waals surface area (Å²) in [6, 6.07) is 6.33. The molecule has 202 valence electrons. The van der Waals surface area contributed by atoms with Gasteiger partial charge in [0, 0.05) is 60.6 Å².